The Morgan fingerprint density at radius 2 is 1.78 bits per heavy atom. The molecule has 4 rings (SSSR count). The Kier molecular flexibility index (Phi) is 6.65. The van der Waals surface area contributed by atoms with Crippen molar-refractivity contribution in [3.05, 3.63) is 75.8 Å². The summed E-state index contributed by atoms with van der Waals surface area (Å²) in [5.41, 5.74) is 4.81. The van der Waals surface area contributed by atoms with Crippen LogP contribution in [-0.2, 0) is 4.79 Å². The second-order valence-corrected chi connectivity index (χ2v) is 9.10. The van der Waals surface area contributed by atoms with E-state index in [1.54, 1.807) is 10.3 Å². The first-order valence-corrected chi connectivity index (χ1v) is 11.8. The van der Waals surface area contributed by atoms with Crippen LogP contribution < -0.4 is 10.2 Å². The van der Waals surface area contributed by atoms with Gasteiger partial charge in [-0.3, -0.25) is 14.5 Å². The Labute approximate surface area is 192 Å². The average Bonchev–Trinajstić information content (AvgIpc) is 3.49. The summed E-state index contributed by atoms with van der Waals surface area (Å²) in [6, 6.07) is 13.0. The fraction of sp³-hybridized carbons (Fsp3) is 0.360. The van der Waals surface area contributed by atoms with Crippen molar-refractivity contribution in [1.29, 1.82) is 0 Å². The molecule has 166 valence electrons. The van der Waals surface area contributed by atoms with Crippen LogP contribution in [0.2, 0.25) is 0 Å². The molecule has 32 heavy (non-hydrogen) atoms. The van der Waals surface area contributed by atoms with E-state index in [0.29, 0.717) is 5.69 Å². The standard InChI is InChI=1S/C25H28N4O2S/c1-16-11-13-19(14-12-16)23(24(30)26-20-8-4-5-9-20)29(25(31)21-15-32-28-27-21)22-10-6-7-17(2)18(22)3/h6-7,10-15,20,23H,4-5,8-9H2,1-3H3,(H,26,30)/t23-/m1/s1. The lowest BCUT2D eigenvalue weighted by Crippen LogP contribution is -2.46. The molecule has 0 aliphatic heterocycles. The predicted octanol–water partition coefficient (Wildman–Crippen LogP) is 4.91. The normalized spacial score (nSPS) is 14.8. The van der Waals surface area contributed by atoms with Gasteiger partial charge in [-0.15, -0.1) is 5.10 Å². The van der Waals surface area contributed by atoms with Gasteiger partial charge >= 0.3 is 0 Å². The fourth-order valence-electron chi connectivity index (χ4n) is 4.26. The van der Waals surface area contributed by atoms with Gasteiger partial charge in [-0.2, -0.15) is 0 Å². The third kappa shape index (κ3) is 4.58. The second-order valence-electron chi connectivity index (χ2n) is 8.49. The first kappa shape index (κ1) is 22.1. The maximum Gasteiger partial charge on any atom is 0.280 e. The smallest absolute Gasteiger partial charge is 0.280 e. The molecule has 0 unspecified atom stereocenters. The quantitative estimate of drug-likeness (QED) is 0.581. The maximum atomic E-state index is 13.7. The topological polar surface area (TPSA) is 75.2 Å². The van der Waals surface area contributed by atoms with Gasteiger partial charge in [-0.25, -0.2) is 0 Å². The van der Waals surface area contributed by atoms with Crippen molar-refractivity contribution >= 4 is 29.0 Å². The molecule has 1 aliphatic rings. The lowest BCUT2D eigenvalue weighted by molar-refractivity contribution is -0.123. The minimum atomic E-state index is -0.814. The number of nitrogens with one attached hydrogen (secondary N) is 1. The highest BCUT2D eigenvalue weighted by atomic mass is 32.1. The van der Waals surface area contributed by atoms with Crippen molar-refractivity contribution in [2.45, 2.75) is 58.5 Å². The lowest BCUT2D eigenvalue weighted by Gasteiger charge is -2.33. The van der Waals surface area contributed by atoms with Crippen molar-refractivity contribution in [3.63, 3.8) is 0 Å². The van der Waals surface area contributed by atoms with Crippen molar-refractivity contribution in [2.75, 3.05) is 4.90 Å². The molecule has 1 aliphatic carbocycles. The SMILES string of the molecule is Cc1ccc([C@H](C(=O)NC2CCCC2)N(C(=O)c2csnn2)c2cccc(C)c2C)cc1. The largest absolute Gasteiger partial charge is 0.351 e. The number of amides is 2. The van der Waals surface area contributed by atoms with E-state index in [-0.39, 0.29) is 23.6 Å². The van der Waals surface area contributed by atoms with Crippen molar-refractivity contribution < 1.29 is 9.59 Å². The molecule has 6 nitrogen and oxygen atoms in total. The summed E-state index contributed by atoms with van der Waals surface area (Å²) in [5.74, 6) is -0.502. The average molecular weight is 449 g/mol. The highest BCUT2D eigenvalue weighted by molar-refractivity contribution is 7.03. The van der Waals surface area contributed by atoms with Crippen molar-refractivity contribution in [3.8, 4) is 0 Å². The third-order valence-electron chi connectivity index (χ3n) is 6.23. The van der Waals surface area contributed by atoms with Crippen LogP contribution >= 0.6 is 11.5 Å². The summed E-state index contributed by atoms with van der Waals surface area (Å²) >= 11 is 1.12. The molecular formula is C25H28N4O2S. The maximum absolute atomic E-state index is 13.7. The molecule has 0 spiro atoms. The van der Waals surface area contributed by atoms with Crippen LogP contribution in [0.5, 0.6) is 0 Å². The molecule has 1 atom stereocenters. The number of anilines is 1. The van der Waals surface area contributed by atoms with E-state index in [1.807, 2.05) is 63.2 Å². The number of carbonyl (C=O) groups excluding carboxylic acids is 2. The van der Waals surface area contributed by atoms with E-state index >= 15 is 0 Å². The van der Waals surface area contributed by atoms with E-state index in [1.165, 1.54) is 0 Å². The van der Waals surface area contributed by atoms with Crippen LogP contribution in [0.15, 0.2) is 47.8 Å². The Morgan fingerprint density at radius 1 is 1.06 bits per heavy atom. The zero-order valence-corrected chi connectivity index (χ0v) is 19.5. The van der Waals surface area contributed by atoms with Crippen molar-refractivity contribution in [1.82, 2.24) is 14.9 Å². The Balaban J connectivity index is 1.84. The molecule has 0 bridgehead atoms. The zero-order chi connectivity index (χ0) is 22.7. The second kappa shape index (κ2) is 9.61. The first-order valence-electron chi connectivity index (χ1n) is 11.0. The molecule has 3 aromatic rings. The van der Waals surface area contributed by atoms with E-state index in [0.717, 1.165) is 59.5 Å². The number of hydrogen-bond acceptors (Lipinski definition) is 5. The number of hydrogen-bond donors (Lipinski definition) is 1. The zero-order valence-electron chi connectivity index (χ0n) is 18.7. The highest BCUT2D eigenvalue weighted by Crippen LogP contribution is 2.34. The van der Waals surface area contributed by atoms with Gasteiger partial charge in [-0.1, -0.05) is 59.3 Å². The predicted molar refractivity (Wildman–Crippen MR) is 127 cm³/mol. The third-order valence-corrected chi connectivity index (χ3v) is 6.74. The molecule has 0 saturated heterocycles. The van der Waals surface area contributed by atoms with Crippen LogP contribution in [0.1, 0.15) is 64.5 Å². The van der Waals surface area contributed by atoms with Crippen LogP contribution in [0.3, 0.4) is 0 Å². The van der Waals surface area contributed by atoms with E-state index in [9.17, 15) is 9.59 Å². The Hall–Kier alpha value is -3.06. The first-order chi connectivity index (χ1) is 15.5. The summed E-state index contributed by atoms with van der Waals surface area (Å²) in [4.78, 5) is 29.1. The van der Waals surface area contributed by atoms with Crippen LogP contribution in [-0.4, -0.2) is 27.4 Å². The molecule has 1 aromatic heterocycles. The van der Waals surface area contributed by atoms with Crippen LogP contribution in [0, 0.1) is 20.8 Å². The Morgan fingerprint density at radius 3 is 2.44 bits per heavy atom. The Bertz CT molecular complexity index is 1090. The molecule has 2 amide bonds. The molecule has 1 fully saturated rings. The van der Waals surface area contributed by atoms with Gasteiger partial charge in [0.1, 0.15) is 6.04 Å². The van der Waals surface area contributed by atoms with E-state index in [2.05, 4.69) is 14.9 Å². The van der Waals surface area contributed by atoms with Gasteiger partial charge in [0.15, 0.2) is 5.69 Å². The number of aromatic nitrogens is 2. The summed E-state index contributed by atoms with van der Waals surface area (Å²) in [5, 5.41) is 8.85. The summed E-state index contributed by atoms with van der Waals surface area (Å²) in [6.45, 7) is 5.99. The van der Waals surface area contributed by atoms with E-state index in [4.69, 9.17) is 0 Å². The summed E-state index contributed by atoms with van der Waals surface area (Å²) in [7, 11) is 0. The number of benzene rings is 2. The van der Waals surface area contributed by atoms with Gasteiger partial charge < -0.3 is 5.32 Å². The summed E-state index contributed by atoms with van der Waals surface area (Å²) in [6.07, 6.45) is 4.17. The molecule has 2 aromatic carbocycles. The van der Waals surface area contributed by atoms with Crippen molar-refractivity contribution in [2.24, 2.45) is 0 Å². The number of carbonyl (C=O) groups is 2. The molecule has 1 saturated carbocycles. The van der Waals surface area contributed by atoms with Crippen LogP contribution in [0.4, 0.5) is 5.69 Å². The van der Waals surface area contributed by atoms with Gasteiger partial charge in [0.05, 0.1) is 0 Å². The molecular weight excluding hydrogens is 420 g/mol. The number of rotatable bonds is 6. The van der Waals surface area contributed by atoms with Gasteiger partial charge in [0, 0.05) is 17.1 Å². The molecule has 1 heterocycles. The van der Waals surface area contributed by atoms with Gasteiger partial charge in [0.25, 0.3) is 5.91 Å². The van der Waals surface area contributed by atoms with E-state index < -0.39 is 6.04 Å². The number of aryl methyl sites for hydroxylation is 2. The lowest BCUT2D eigenvalue weighted by atomic mass is 9.98. The summed E-state index contributed by atoms with van der Waals surface area (Å²) < 4.78 is 3.87. The van der Waals surface area contributed by atoms with Crippen LogP contribution in [0.25, 0.3) is 0 Å². The minimum Gasteiger partial charge on any atom is -0.351 e. The fourth-order valence-corrected chi connectivity index (χ4v) is 4.69. The molecule has 0 radical (unpaired) electrons. The molecule has 7 heteroatoms. The highest BCUT2D eigenvalue weighted by Gasteiger charge is 2.36. The minimum absolute atomic E-state index is 0.145. The molecule has 1 N–H and O–H groups in total. The number of nitrogens with zero attached hydrogens (tertiary/aromatic N) is 3. The monoisotopic (exact) mass is 448 g/mol. The van der Waals surface area contributed by atoms with Gasteiger partial charge in [-0.05, 0) is 67.9 Å². The van der Waals surface area contributed by atoms with Gasteiger partial charge in [0.2, 0.25) is 5.91 Å².